The fourth-order valence-corrected chi connectivity index (χ4v) is 2.32. The van der Waals surface area contributed by atoms with E-state index in [1.54, 1.807) is 13.3 Å². The van der Waals surface area contributed by atoms with E-state index in [1.165, 1.54) is 0 Å². The van der Waals surface area contributed by atoms with Gasteiger partial charge < -0.3 is 14.4 Å². The van der Waals surface area contributed by atoms with Gasteiger partial charge in [0, 0.05) is 12.3 Å². The highest BCUT2D eigenvalue weighted by atomic mass is 32.2. The Kier molecular flexibility index (Phi) is 4.57. The van der Waals surface area contributed by atoms with Crippen LogP contribution in [0.3, 0.4) is 0 Å². The highest BCUT2D eigenvalue weighted by Gasteiger charge is 2.12. The molecular weight excluding hydrogens is 280 g/mol. The number of carboxylic acids is 1. The van der Waals surface area contributed by atoms with E-state index in [1.807, 2.05) is 23.6 Å². The van der Waals surface area contributed by atoms with Gasteiger partial charge in [0.15, 0.2) is 5.16 Å². The predicted octanol–water partition coefficient (Wildman–Crippen LogP) is 1.22. The van der Waals surface area contributed by atoms with Gasteiger partial charge >= 0.3 is 5.97 Å². The molecular formula is C12H14N4O3S. The average molecular weight is 294 g/mol. The minimum Gasteiger partial charge on any atom is -0.481 e. The zero-order chi connectivity index (χ0) is 14.5. The Balaban J connectivity index is 2.19. The number of pyridine rings is 1. The second kappa shape index (κ2) is 6.38. The molecule has 0 aliphatic heterocycles. The van der Waals surface area contributed by atoms with Crippen LogP contribution in [0, 0.1) is 6.92 Å². The molecule has 0 saturated carbocycles. The van der Waals surface area contributed by atoms with Crippen molar-refractivity contribution in [2.75, 3.05) is 12.9 Å². The van der Waals surface area contributed by atoms with Gasteiger partial charge in [-0.15, -0.1) is 10.2 Å². The van der Waals surface area contributed by atoms with Crippen LogP contribution in [0.5, 0.6) is 5.88 Å². The largest absolute Gasteiger partial charge is 0.481 e. The third kappa shape index (κ3) is 3.47. The molecule has 20 heavy (non-hydrogen) atoms. The van der Waals surface area contributed by atoms with E-state index in [-0.39, 0.29) is 5.75 Å². The molecule has 2 aromatic rings. The van der Waals surface area contributed by atoms with Gasteiger partial charge in [-0.2, -0.15) is 0 Å². The molecule has 0 radical (unpaired) electrons. The number of thioether (sulfide) groups is 1. The summed E-state index contributed by atoms with van der Waals surface area (Å²) in [4.78, 5) is 14.7. The second-order valence-corrected chi connectivity index (χ2v) is 4.95. The minimum absolute atomic E-state index is 0.0438. The zero-order valence-corrected chi connectivity index (χ0v) is 11.9. The lowest BCUT2D eigenvalue weighted by molar-refractivity contribution is -0.133. The van der Waals surface area contributed by atoms with Gasteiger partial charge in [0.1, 0.15) is 5.82 Å². The van der Waals surface area contributed by atoms with Crippen molar-refractivity contribution in [3.05, 3.63) is 29.7 Å². The Morgan fingerprint density at radius 1 is 1.50 bits per heavy atom. The van der Waals surface area contributed by atoms with E-state index in [0.29, 0.717) is 17.6 Å². The fraction of sp³-hybridized carbons (Fsp3) is 0.333. The van der Waals surface area contributed by atoms with Crippen LogP contribution >= 0.6 is 11.8 Å². The molecule has 0 atom stereocenters. The number of nitrogens with zero attached hydrogens (tertiary/aromatic N) is 4. The fourth-order valence-electron chi connectivity index (χ4n) is 1.62. The Bertz CT molecular complexity index is 614. The summed E-state index contributed by atoms with van der Waals surface area (Å²) in [5.41, 5.74) is 0.983. The third-order valence-corrected chi connectivity index (χ3v) is 3.53. The summed E-state index contributed by atoms with van der Waals surface area (Å²) >= 11 is 1.15. The Morgan fingerprint density at radius 2 is 2.30 bits per heavy atom. The summed E-state index contributed by atoms with van der Waals surface area (Å²) in [7, 11) is 1.56. The third-order valence-electron chi connectivity index (χ3n) is 2.58. The lowest BCUT2D eigenvalue weighted by Crippen LogP contribution is -2.06. The molecule has 2 rings (SSSR count). The first kappa shape index (κ1) is 14.3. The smallest absolute Gasteiger partial charge is 0.313 e. The van der Waals surface area contributed by atoms with Crippen LogP contribution in [0.4, 0.5) is 0 Å². The Morgan fingerprint density at radius 3 is 3.00 bits per heavy atom. The van der Waals surface area contributed by atoms with Gasteiger partial charge in [0.25, 0.3) is 0 Å². The van der Waals surface area contributed by atoms with Crippen molar-refractivity contribution < 1.29 is 14.6 Å². The summed E-state index contributed by atoms with van der Waals surface area (Å²) in [5, 5.41) is 17.3. The van der Waals surface area contributed by atoms with Crippen molar-refractivity contribution in [3.8, 4) is 5.88 Å². The molecule has 106 valence electrons. The van der Waals surface area contributed by atoms with Crippen LogP contribution in [-0.4, -0.2) is 43.7 Å². The van der Waals surface area contributed by atoms with E-state index in [0.717, 1.165) is 23.1 Å². The lowest BCUT2D eigenvalue weighted by atomic mass is 10.2. The first-order valence-corrected chi connectivity index (χ1v) is 6.82. The molecule has 0 spiro atoms. The molecule has 0 fully saturated rings. The number of aliphatic carboxylic acids is 1. The van der Waals surface area contributed by atoms with Gasteiger partial charge in [-0.25, -0.2) is 4.98 Å². The number of carboxylic acid groups (broad SMARTS) is 1. The molecule has 2 heterocycles. The monoisotopic (exact) mass is 294 g/mol. The Hall–Kier alpha value is -2.09. The SMILES string of the molecule is COc1cc(Cn2c(C)nnc2SCC(=O)O)ccn1. The number of ether oxygens (including phenoxy) is 1. The summed E-state index contributed by atoms with van der Waals surface area (Å²) in [6, 6.07) is 3.69. The maximum Gasteiger partial charge on any atom is 0.313 e. The van der Waals surface area contributed by atoms with E-state index < -0.39 is 5.97 Å². The summed E-state index contributed by atoms with van der Waals surface area (Å²) in [6.45, 7) is 2.37. The maximum atomic E-state index is 10.6. The van der Waals surface area contributed by atoms with E-state index in [2.05, 4.69) is 15.2 Å². The van der Waals surface area contributed by atoms with Gasteiger partial charge in [0.05, 0.1) is 19.4 Å². The molecule has 2 aromatic heterocycles. The van der Waals surface area contributed by atoms with Crippen molar-refractivity contribution in [2.24, 2.45) is 0 Å². The van der Waals surface area contributed by atoms with Gasteiger partial charge in [-0.05, 0) is 18.6 Å². The minimum atomic E-state index is -0.882. The van der Waals surface area contributed by atoms with Gasteiger partial charge in [-0.3, -0.25) is 4.79 Å². The average Bonchev–Trinajstić information content (AvgIpc) is 2.78. The second-order valence-electron chi connectivity index (χ2n) is 4.00. The highest BCUT2D eigenvalue weighted by Crippen LogP contribution is 2.19. The maximum absolute atomic E-state index is 10.6. The van der Waals surface area contributed by atoms with Crippen molar-refractivity contribution in [3.63, 3.8) is 0 Å². The molecule has 0 aliphatic carbocycles. The van der Waals surface area contributed by atoms with Crippen molar-refractivity contribution >= 4 is 17.7 Å². The van der Waals surface area contributed by atoms with Crippen molar-refractivity contribution in [1.29, 1.82) is 0 Å². The number of methoxy groups -OCH3 is 1. The highest BCUT2D eigenvalue weighted by molar-refractivity contribution is 7.99. The lowest BCUT2D eigenvalue weighted by Gasteiger charge is -2.08. The molecule has 0 aromatic carbocycles. The predicted molar refractivity (Wildman–Crippen MR) is 73.0 cm³/mol. The number of carbonyl (C=O) groups is 1. The van der Waals surface area contributed by atoms with Crippen LogP contribution in [0.15, 0.2) is 23.5 Å². The molecule has 0 bridgehead atoms. The van der Waals surface area contributed by atoms with E-state index in [4.69, 9.17) is 9.84 Å². The normalized spacial score (nSPS) is 10.5. The summed E-state index contributed by atoms with van der Waals surface area (Å²) in [6.07, 6.45) is 1.66. The number of rotatable bonds is 6. The summed E-state index contributed by atoms with van der Waals surface area (Å²) in [5.74, 6) is 0.340. The quantitative estimate of drug-likeness (QED) is 0.801. The topological polar surface area (TPSA) is 90.1 Å². The number of hydrogen-bond acceptors (Lipinski definition) is 6. The number of aromatic nitrogens is 4. The van der Waals surface area contributed by atoms with Gasteiger partial charge in [0.2, 0.25) is 5.88 Å². The zero-order valence-electron chi connectivity index (χ0n) is 11.1. The van der Waals surface area contributed by atoms with E-state index in [9.17, 15) is 4.79 Å². The first-order chi connectivity index (χ1) is 9.60. The number of aryl methyl sites for hydroxylation is 1. The molecule has 8 heteroatoms. The van der Waals surface area contributed by atoms with Crippen LogP contribution in [0.1, 0.15) is 11.4 Å². The molecule has 0 saturated heterocycles. The Labute approximate surface area is 120 Å². The first-order valence-electron chi connectivity index (χ1n) is 5.83. The van der Waals surface area contributed by atoms with Crippen molar-refractivity contribution in [2.45, 2.75) is 18.6 Å². The standard InChI is InChI=1S/C12H14N4O3S/c1-8-14-15-12(20-7-11(17)18)16(8)6-9-3-4-13-10(5-9)19-2/h3-5H,6-7H2,1-2H3,(H,17,18). The molecule has 0 aliphatic rings. The molecule has 1 N–H and O–H groups in total. The van der Waals surface area contributed by atoms with Crippen LogP contribution in [0.2, 0.25) is 0 Å². The summed E-state index contributed by atoms with van der Waals surface area (Å²) < 4.78 is 6.94. The van der Waals surface area contributed by atoms with Crippen LogP contribution < -0.4 is 4.74 Å². The van der Waals surface area contributed by atoms with Crippen molar-refractivity contribution in [1.82, 2.24) is 19.7 Å². The molecule has 0 unspecified atom stereocenters. The number of hydrogen-bond donors (Lipinski definition) is 1. The van der Waals surface area contributed by atoms with E-state index >= 15 is 0 Å². The molecule has 7 nitrogen and oxygen atoms in total. The molecule has 0 amide bonds. The van der Waals surface area contributed by atoms with Crippen LogP contribution in [-0.2, 0) is 11.3 Å². The van der Waals surface area contributed by atoms with Gasteiger partial charge in [-0.1, -0.05) is 11.8 Å². The van der Waals surface area contributed by atoms with Crippen LogP contribution in [0.25, 0.3) is 0 Å².